The van der Waals surface area contributed by atoms with Crippen LogP contribution in [0.15, 0.2) is 49.6 Å². The van der Waals surface area contributed by atoms with Gasteiger partial charge in [0.15, 0.2) is 69.5 Å². The molecule has 12 heterocycles. The molecule has 131 heavy (non-hydrogen) atoms. The Bertz CT molecular complexity index is 6310. The molecule has 0 radical (unpaired) electrons. The summed E-state index contributed by atoms with van der Waals surface area (Å²) in [5, 5.41) is 44.7. The normalized spacial score (nSPS) is 27.5. The van der Waals surface area contributed by atoms with Gasteiger partial charge < -0.3 is 148 Å². The van der Waals surface area contributed by atoms with Crippen LogP contribution in [0.3, 0.4) is 0 Å². The van der Waals surface area contributed by atoms with Crippen molar-refractivity contribution in [2.75, 3.05) is 33.5 Å². The fourth-order valence-corrected chi connectivity index (χ4v) is 23.7. The average molecular weight is 2130 g/mol. The van der Waals surface area contributed by atoms with Gasteiger partial charge in [-0.05, 0) is 33.2 Å². The number of aliphatic hydroxyl groups is 4. The molecule has 24 atom stereocenters. The first-order valence-corrected chi connectivity index (χ1v) is 52.2. The Morgan fingerprint density at radius 2 is 0.649 bits per heavy atom. The van der Waals surface area contributed by atoms with Crippen LogP contribution in [-0.4, -0.2) is 284 Å². The molecule has 12 unspecified atom stereocenters. The maximum absolute atomic E-state index is 14.7. The summed E-state index contributed by atoms with van der Waals surface area (Å²) in [6.07, 6.45) is -16.3. The molecule has 8 aromatic rings. The fraction of sp³-hybridized carbons (Fsp3) is 0.556. The van der Waals surface area contributed by atoms with Crippen LogP contribution in [0.4, 0.5) is 4.39 Å². The number of aromatic amines is 4. The van der Waals surface area contributed by atoms with Crippen molar-refractivity contribution in [1.82, 2.24) is 78.1 Å². The van der Waals surface area contributed by atoms with E-state index in [1.165, 1.54) is 61.2 Å². The fourth-order valence-electron chi connectivity index (χ4n) is 11.6. The van der Waals surface area contributed by atoms with Crippen LogP contribution in [0.5, 0.6) is 0 Å². The number of hydrogen-bond donors (Lipinski definition) is 25. The van der Waals surface area contributed by atoms with Crippen LogP contribution >= 0.6 is 93.9 Å². The second-order valence-electron chi connectivity index (χ2n) is 26.1. The molecule has 0 aliphatic carbocycles. The molecule has 8 aromatic heterocycles. The number of aryl methyl sites for hydroxylation is 4. The van der Waals surface area contributed by atoms with E-state index < -0.39 is 241 Å². The molecular weight excluding hydrogens is 2060 g/mol. The van der Waals surface area contributed by atoms with E-state index in [2.05, 4.69) is 122 Å². The van der Waals surface area contributed by atoms with Crippen molar-refractivity contribution in [3.05, 3.63) is 100 Å². The lowest BCUT2D eigenvalue weighted by molar-refractivity contribution is -0.0577. The molecule has 73 nitrogen and oxygen atoms in total. The minimum Gasteiger partial charge on any atom is -0.390 e. The number of phosphoric ester groups is 4. The molecule has 12 rings (SSSR count). The number of azide groups is 1. The minimum absolute atomic E-state index is 0.00475. The van der Waals surface area contributed by atoms with Crippen molar-refractivity contribution >= 4 is 139 Å². The van der Waals surface area contributed by atoms with Crippen LogP contribution in [0.2, 0.25) is 0 Å². The number of alkyl halides is 1. The summed E-state index contributed by atoms with van der Waals surface area (Å²) in [4.78, 5) is 235. The molecule has 0 bridgehead atoms. The molecule has 0 amide bonds. The molecule has 0 spiro atoms. The first-order chi connectivity index (χ1) is 59.9. The van der Waals surface area contributed by atoms with Crippen LogP contribution in [-0.2, 0) is 131 Å². The van der Waals surface area contributed by atoms with Crippen LogP contribution in [0.1, 0.15) is 48.2 Å². The lowest BCUT2D eigenvalue weighted by Crippen LogP contribution is -2.40. The topological polar surface area (TPSA) is 1100 Å². The molecule has 734 valence electrons. The lowest BCUT2D eigenvalue weighted by atomic mass is 10.1. The smallest absolute Gasteiger partial charge is 0.390 e. The highest BCUT2D eigenvalue weighted by Gasteiger charge is 2.53. The van der Waals surface area contributed by atoms with E-state index in [-0.39, 0.29) is 68.0 Å². The van der Waals surface area contributed by atoms with Gasteiger partial charge in [-0.2, -0.15) is 34.5 Å². The van der Waals surface area contributed by atoms with E-state index in [1.807, 2.05) is 0 Å². The summed E-state index contributed by atoms with van der Waals surface area (Å²) in [5.41, 5.74) is 12.4. The number of aliphatic hydroxyl groups excluding tert-OH is 4. The van der Waals surface area contributed by atoms with Crippen LogP contribution in [0, 0.1) is 27.7 Å². The average Bonchev–Trinajstić information content (AvgIpc) is 1.61. The number of imidazole rings is 4. The third kappa shape index (κ3) is 29.2. The van der Waals surface area contributed by atoms with Gasteiger partial charge in [-0.3, -0.25) is 55.5 Å². The number of nitrogens with zero attached hydrogens (tertiary/aromatic N) is 15. The Kier molecular flexibility index (Phi) is 34.2. The number of rotatable bonds is 34. The second kappa shape index (κ2) is 41.3. The molecule has 86 heteroatoms. The third-order valence-corrected chi connectivity index (χ3v) is 31.6. The first-order valence-electron chi connectivity index (χ1n) is 34.1. The van der Waals surface area contributed by atoms with Crippen LogP contribution in [0.25, 0.3) is 55.1 Å². The Morgan fingerprint density at radius 3 is 0.947 bits per heavy atom. The van der Waals surface area contributed by atoms with Crippen molar-refractivity contribution < 1.29 is 234 Å². The molecule has 4 aliphatic rings. The van der Waals surface area contributed by atoms with E-state index in [0.717, 1.165) is 17.2 Å². The Hall–Kier alpha value is -6.12. The number of phosphoric acid groups is 12. The number of methoxy groups -OCH3 is 1. The van der Waals surface area contributed by atoms with Gasteiger partial charge in [0, 0.05) is 12.0 Å². The summed E-state index contributed by atoms with van der Waals surface area (Å²) in [6.45, 7) is 2.12. The number of nitrogens with one attached hydrogen (secondary N) is 4. The summed E-state index contributed by atoms with van der Waals surface area (Å²) >= 11 is 0. The van der Waals surface area contributed by atoms with Gasteiger partial charge >= 0.3 is 93.9 Å². The van der Waals surface area contributed by atoms with Crippen LogP contribution < -0.4 is 28.0 Å². The van der Waals surface area contributed by atoms with Gasteiger partial charge in [0.2, 0.25) is 0 Å². The minimum atomic E-state index is -5.75. The monoisotopic (exact) mass is 2130 g/mol. The van der Waals surface area contributed by atoms with Crippen molar-refractivity contribution in [3.8, 4) is 0 Å². The van der Waals surface area contributed by atoms with E-state index in [9.17, 15) is 128 Å². The zero-order valence-corrected chi connectivity index (χ0v) is 75.6. The predicted molar refractivity (Wildman–Crippen MR) is 407 cm³/mol. The first kappa shape index (κ1) is 109. The lowest BCUT2D eigenvalue weighted by Gasteiger charge is -2.19. The number of hydrogen-bond acceptors (Lipinski definition) is 47. The number of ether oxygens (including phenoxy) is 5. The SMILES string of the molecule is COC1[C@@H](O)[C@@H](COP(=O)(O)OP(=O)(O)OP(=O)(O)O)O[C@H]1n1cnc2c(=O)[nH]c(C)nc21.Cc1nc2c(ncn2[C@@H]2O[C@H](COP(=O)(O)OP(=O)(O)OP(=O)(O)O)[C@H](O)C2F)c(=O)[nH]1.Cc1nc2c(ncn2[C@@H]2O[C@H](COP(=O)(O)OP(=O)(O)OP(=O)(O)O)[C@H](O)C2N)c(=O)[nH]1.Cc1nc2c(ncn2[C@@H]2O[C@H](COP(=O)(O)OP(=O)(O)OP(=O)(O)O)[C@H](O)C2N=[N+]=[N-])c(=O)[nH]1. The standard InChI is InChI=1S/C12H19N4O14P3.C11H16FN4O13P3.C11H16N7O13P3.C11H18N5O13P3/c1-5-14-10-7(11(18)15-5)13-4-16(10)12-9(26-2)8(17)6(28-12)3-27-32(22,23)30-33(24,25)29-31(19,20)21;1-4-14-9-7(10(18)15-4)13-3-16(9)11-6(12)8(17)5(27-11)2-26-31(22,23)29-32(24,25)28-30(19,20)21;1-4-14-9-7(10(20)15-4)13-3-18(9)11-6(16-17-12)8(19)5(29-11)2-28-33(24,25)31-34(26,27)30-32(21,22)23;1-4-14-9-7(10(18)15-4)13-3-16(9)11-6(12)8(17)5(27-11)2-26-31(22,23)29-32(24,25)28-30(19,20)21/h4,6,8-9,12,17H,3H2,1-2H3,(H,22,23)(H,24,25)(H,14,15,18)(H2,19,20,21);3,5-6,8,11,17H,2H2,1H3,(H,22,23)(H,24,25)(H,14,15,18)(H2,19,20,21);3,5-6,8,11,19H,2H2,1H3,(H,24,25)(H,26,27)(H,14,15,20)(H2,21,22,23);3,5-6,8,11,17H,2,12H2,1H3,(H,22,23)(H,24,25)(H,14,15,18)(H2,19,20,21)/t6-,8+,9?,12-;3*5-,6?,8+,11-/m1111/s1. The second-order valence-corrected chi connectivity index (χ2v) is 43.8. The molecule has 4 fully saturated rings. The van der Waals surface area contributed by atoms with Crippen molar-refractivity contribution in [2.24, 2.45) is 10.8 Å². The Labute approximate surface area is 718 Å². The molecule has 26 N–H and O–H groups in total. The predicted octanol–water partition coefficient (Wildman–Crippen LogP) is -3.52. The molecule has 0 saturated carbocycles. The Balaban J connectivity index is 0.000000197. The number of aromatic nitrogens is 16. The van der Waals surface area contributed by atoms with E-state index in [1.54, 1.807) is 0 Å². The summed E-state index contributed by atoms with van der Waals surface area (Å²) < 4.78 is 228. The molecule has 4 aliphatic heterocycles. The summed E-state index contributed by atoms with van der Waals surface area (Å²) in [7, 11) is -65.7. The largest absolute Gasteiger partial charge is 0.490 e. The number of halogens is 1. The molecule has 0 aromatic carbocycles. The number of fused-ring (bicyclic) bond motifs is 4. The highest BCUT2D eigenvalue weighted by molar-refractivity contribution is 7.68. The van der Waals surface area contributed by atoms with E-state index in [0.29, 0.717) is 0 Å². The molecular formula is C45H69FN20O53P12. The number of nitrogens with two attached hydrogens (primary N) is 1. The van der Waals surface area contributed by atoms with Gasteiger partial charge in [0.25, 0.3) is 22.2 Å². The quantitative estimate of drug-likeness (QED) is 0.00804. The van der Waals surface area contributed by atoms with Gasteiger partial charge in [-0.15, -0.1) is 0 Å². The Morgan fingerprint density at radius 1 is 0.397 bits per heavy atom. The third-order valence-electron chi connectivity index (χ3n) is 16.4. The van der Waals surface area contributed by atoms with Gasteiger partial charge in [0.1, 0.15) is 84.4 Å². The van der Waals surface area contributed by atoms with Crippen molar-refractivity contribution in [2.45, 2.75) is 126 Å². The zero-order valence-electron chi connectivity index (χ0n) is 64.8. The maximum atomic E-state index is 14.7. The van der Waals surface area contributed by atoms with Gasteiger partial charge in [-0.25, -0.2) is 99.0 Å². The van der Waals surface area contributed by atoms with Gasteiger partial charge in [-0.1, -0.05) is 5.11 Å². The van der Waals surface area contributed by atoms with Crippen molar-refractivity contribution in [1.29, 1.82) is 0 Å². The van der Waals surface area contributed by atoms with Gasteiger partial charge in [0.05, 0.1) is 63.9 Å². The number of H-pyrrole nitrogens is 4. The van der Waals surface area contributed by atoms with E-state index >= 15 is 0 Å². The maximum Gasteiger partial charge on any atom is 0.490 e. The highest BCUT2D eigenvalue weighted by atomic mass is 31.3. The van der Waals surface area contributed by atoms with Crippen molar-refractivity contribution in [3.63, 3.8) is 0 Å². The van der Waals surface area contributed by atoms with E-state index in [4.69, 9.17) is 83.9 Å². The molecule has 4 saturated heterocycles. The summed E-state index contributed by atoms with van der Waals surface area (Å²) in [6, 6.07) is -2.53. The summed E-state index contributed by atoms with van der Waals surface area (Å²) in [5.74, 6) is 0.927. The highest BCUT2D eigenvalue weighted by Crippen LogP contribution is 2.70. The zero-order chi connectivity index (χ0) is 98.4.